The number of methoxy groups -OCH3 is 1. The Balaban J connectivity index is 1.45. The van der Waals surface area contributed by atoms with Crippen molar-refractivity contribution < 1.29 is 13.2 Å². The normalized spacial score (nSPS) is 14.8. The number of rotatable bonds is 6. The van der Waals surface area contributed by atoms with Crippen molar-refractivity contribution in [2.45, 2.75) is 30.6 Å². The van der Waals surface area contributed by atoms with Crippen LogP contribution in [0.5, 0.6) is 5.75 Å². The summed E-state index contributed by atoms with van der Waals surface area (Å²) in [5, 5.41) is 9.31. The first-order valence-electron chi connectivity index (χ1n) is 11.2. The zero-order chi connectivity index (χ0) is 23.7. The molecule has 0 amide bonds. The van der Waals surface area contributed by atoms with Gasteiger partial charge in [-0.1, -0.05) is 12.8 Å². The second kappa shape index (κ2) is 8.98. The summed E-state index contributed by atoms with van der Waals surface area (Å²) in [5.74, 6) is 0.966. The summed E-state index contributed by atoms with van der Waals surface area (Å²) in [6.07, 6.45) is 11.0. The summed E-state index contributed by atoms with van der Waals surface area (Å²) in [5.41, 5.74) is 2.02. The van der Waals surface area contributed by atoms with E-state index in [0.717, 1.165) is 24.2 Å². The highest BCUT2D eigenvalue weighted by Gasteiger charge is 2.22. The van der Waals surface area contributed by atoms with Crippen LogP contribution in [-0.4, -0.2) is 53.2 Å². The maximum atomic E-state index is 13.3. The molecule has 3 aromatic heterocycles. The van der Waals surface area contributed by atoms with Crippen molar-refractivity contribution in [2.24, 2.45) is 7.05 Å². The average Bonchev–Trinajstić information content (AvgIpc) is 3.39. The van der Waals surface area contributed by atoms with Crippen LogP contribution in [0.3, 0.4) is 0 Å². The van der Waals surface area contributed by atoms with Crippen molar-refractivity contribution >= 4 is 32.3 Å². The number of ether oxygens (including phenoxy) is 1. The Morgan fingerprint density at radius 1 is 1.03 bits per heavy atom. The van der Waals surface area contributed by atoms with E-state index in [4.69, 9.17) is 4.74 Å². The Kier molecular flexibility index (Phi) is 5.86. The van der Waals surface area contributed by atoms with Crippen LogP contribution in [-0.2, 0) is 17.1 Å². The van der Waals surface area contributed by atoms with Crippen molar-refractivity contribution in [1.29, 1.82) is 0 Å². The second-order valence-electron chi connectivity index (χ2n) is 8.35. The van der Waals surface area contributed by atoms with E-state index in [1.54, 1.807) is 30.2 Å². The molecule has 0 spiro atoms. The highest BCUT2D eigenvalue weighted by molar-refractivity contribution is 7.92. The Bertz CT molecular complexity index is 1420. The molecule has 1 aliphatic rings. The van der Waals surface area contributed by atoms with Crippen LogP contribution in [0.1, 0.15) is 25.7 Å². The first kappa shape index (κ1) is 22.2. The lowest BCUT2D eigenvalue weighted by molar-refractivity contribution is 0.417. The Hall–Kier alpha value is -3.60. The van der Waals surface area contributed by atoms with Gasteiger partial charge >= 0.3 is 0 Å². The fraction of sp³-hybridized carbons (Fsp3) is 0.348. The smallest absolute Gasteiger partial charge is 0.265 e. The third kappa shape index (κ3) is 4.18. The van der Waals surface area contributed by atoms with Gasteiger partial charge in [-0.2, -0.15) is 10.2 Å². The molecule has 0 unspecified atom stereocenters. The van der Waals surface area contributed by atoms with Crippen molar-refractivity contribution in [3.8, 4) is 11.6 Å². The second-order valence-corrected chi connectivity index (χ2v) is 10.0. The number of sulfonamides is 1. The molecule has 0 aliphatic carbocycles. The Morgan fingerprint density at radius 2 is 1.82 bits per heavy atom. The van der Waals surface area contributed by atoms with Gasteiger partial charge in [0.15, 0.2) is 5.82 Å². The number of aromatic nitrogens is 5. The molecule has 10 nitrogen and oxygen atoms in total. The lowest BCUT2D eigenvalue weighted by atomic mass is 10.2. The Labute approximate surface area is 198 Å². The number of benzene rings is 1. The maximum absolute atomic E-state index is 13.3. The summed E-state index contributed by atoms with van der Waals surface area (Å²) in [6, 6.07) is 7.48. The van der Waals surface area contributed by atoms with E-state index in [-0.39, 0.29) is 4.90 Å². The number of hydrogen-bond acceptors (Lipinski definition) is 7. The van der Waals surface area contributed by atoms with Crippen LogP contribution >= 0.6 is 0 Å². The highest BCUT2D eigenvalue weighted by atomic mass is 32.2. The molecule has 4 aromatic rings. The molecule has 1 fully saturated rings. The molecule has 0 atom stereocenters. The number of aryl methyl sites for hydroxylation is 1. The Morgan fingerprint density at radius 3 is 2.59 bits per heavy atom. The molecule has 0 radical (unpaired) electrons. The van der Waals surface area contributed by atoms with Gasteiger partial charge in [-0.25, -0.2) is 18.1 Å². The van der Waals surface area contributed by atoms with Gasteiger partial charge in [-0.05, 0) is 31.0 Å². The maximum Gasteiger partial charge on any atom is 0.265 e. The predicted molar refractivity (Wildman–Crippen MR) is 130 cm³/mol. The number of fused-ring (bicyclic) bond motifs is 1. The molecule has 1 saturated heterocycles. The molecule has 5 rings (SSSR count). The number of nitrogens with zero attached hydrogens (tertiary/aromatic N) is 6. The summed E-state index contributed by atoms with van der Waals surface area (Å²) in [4.78, 5) is 6.78. The minimum atomic E-state index is -3.95. The third-order valence-electron chi connectivity index (χ3n) is 6.13. The van der Waals surface area contributed by atoms with Gasteiger partial charge in [0.25, 0.3) is 10.0 Å². The molecule has 1 aromatic carbocycles. The lowest BCUT2D eigenvalue weighted by Gasteiger charge is -2.22. The van der Waals surface area contributed by atoms with Crippen molar-refractivity contribution in [2.75, 3.05) is 29.8 Å². The van der Waals surface area contributed by atoms with Crippen molar-refractivity contribution in [3.63, 3.8) is 0 Å². The van der Waals surface area contributed by atoms with E-state index in [1.807, 2.05) is 18.2 Å². The quantitative estimate of drug-likeness (QED) is 0.450. The molecule has 178 valence electrons. The predicted octanol–water partition coefficient (Wildman–Crippen LogP) is 3.34. The molecule has 1 aliphatic heterocycles. The van der Waals surface area contributed by atoms with Crippen LogP contribution in [0, 0.1) is 0 Å². The average molecular weight is 482 g/mol. The summed E-state index contributed by atoms with van der Waals surface area (Å²) in [6.45, 7) is 2.01. The van der Waals surface area contributed by atoms with Gasteiger partial charge in [-0.15, -0.1) is 0 Å². The van der Waals surface area contributed by atoms with Gasteiger partial charge in [0.2, 0.25) is 0 Å². The fourth-order valence-electron chi connectivity index (χ4n) is 4.34. The molecule has 4 heterocycles. The molecular weight excluding hydrogens is 454 g/mol. The summed E-state index contributed by atoms with van der Waals surface area (Å²) >= 11 is 0. The largest absolute Gasteiger partial charge is 0.494 e. The molecule has 11 heteroatoms. The van der Waals surface area contributed by atoms with E-state index in [2.05, 4.69) is 24.8 Å². The first-order valence-corrected chi connectivity index (χ1v) is 12.7. The third-order valence-corrected chi connectivity index (χ3v) is 7.43. The number of hydrogen-bond donors (Lipinski definition) is 1. The van der Waals surface area contributed by atoms with E-state index in [1.165, 1.54) is 49.9 Å². The molecule has 0 bridgehead atoms. The van der Waals surface area contributed by atoms with Gasteiger partial charge in [0.05, 0.1) is 31.2 Å². The highest BCUT2D eigenvalue weighted by Crippen LogP contribution is 2.34. The lowest BCUT2D eigenvalue weighted by Crippen LogP contribution is -2.24. The number of anilines is 2. The first-order chi connectivity index (χ1) is 16.5. The van der Waals surface area contributed by atoms with Crippen LogP contribution in [0.15, 0.2) is 53.9 Å². The SMILES string of the molecule is COc1ccc2cnn(C)c2c1NS(=O)(=O)c1cnn(-c2cc(N3CCCCCC3)ccn2)c1. The standard InChI is InChI=1S/C23H27N7O3S/c1-28-23-17(14-25-28)7-8-20(33-2)22(23)27-34(31,32)19-15-26-30(16-19)21-13-18(9-10-24-21)29-11-5-3-4-6-12-29/h7-10,13-16,27H,3-6,11-12H2,1-2H3. The van der Waals surface area contributed by atoms with E-state index < -0.39 is 10.0 Å². The summed E-state index contributed by atoms with van der Waals surface area (Å²) in [7, 11) is -0.700. The molecule has 0 saturated carbocycles. The summed E-state index contributed by atoms with van der Waals surface area (Å²) < 4.78 is 37.7. The zero-order valence-electron chi connectivity index (χ0n) is 19.2. The van der Waals surface area contributed by atoms with Gasteiger partial charge in [-0.3, -0.25) is 9.40 Å². The van der Waals surface area contributed by atoms with Crippen molar-refractivity contribution in [3.05, 3.63) is 49.1 Å². The van der Waals surface area contributed by atoms with Crippen LogP contribution in [0.4, 0.5) is 11.4 Å². The molecule has 1 N–H and O–H groups in total. The van der Waals surface area contributed by atoms with Crippen molar-refractivity contribution in [1.82, 2.24) is 24.5 Å². The molecular formula is C23H27N7O3S. The minimum absolute atomic E-state index is 0.0238. The fourth-order valence-corrected chi connectivity index (χ4v) is 5.35. The van der Waals surface area contributed by atoms with Crippen LogP contribution in [0.2, 0.25) is 0 Å². The van der Waals surface area contributed by atoms with Gasteiger partial charge < -0.3 is 9.64 Å². The van der Waals surface area contributed by atoms with E-state index >= 15 is 0 Å². The van der Waals surface area contributed by atoms with Gasteiger partial charge in [0, 0.05) is 43.5 Å². The topological polar surface area (TPSA) is 107 Å². The van der Waals surface area contributed by atoms with Crippen LogP contribution < -0.4 is 14.4 Å². The zero-order valence-corrected chi connectivity index (χ0v) is 20.0. The monoisotopic (exact) mass is 481 g/mol. The molecule has 34 heavy (non-hydrogen) atoms. The van der Waals surface area contributed by atoms with Crippen LogP contribution in [0.25, 0.3) is 16.7 Å². The minimum Gasteiger partial charge on any atom is -0.494 e. The van der Waals surface area contributed by atoms with E-state index in [0.29, 0.717) is 22.8 Å². The van der Waals surface area contributed by atoms with E-state index in [9.17, 15) is 8.42 Å². The number of pyridine rings is 1. The van der Waals surface area contributed by atoms with Gasteiger partial charge in [0.1, 0.15) is 16.3 Å². The number of nitrogens with one attached hydrogen (secondary N) is 1.